The zero-order valence-electron chi connectivity index (χ0n) is 14.8. The Bertz CT molecular complexity index is 940. The Kier molecular flexibility index (Phi) is 3.23. The first-order valence-corrected chi connectivity index (χ1v) is 9.11. The zero-order chi connectivity index (χ0) is 17.0. The number of nitrogens with one attached hydrogen (secondary N) is 1. The van der Waals surface area contributed by atoms with Crippen molar-refractivity contribution < 1.29 is 0 Å². The van der Waals surface area contributed by atoms with Crippen molar-refractivity contribution in [2.24, 2.45) is 0 Å². The van der Waals surface area contributed by atoms with E-state index in [0.717, 1.165) is 42.4 Å². The van der Waals surface area contributed by atoms with Crippen molar-refractivity contribution in [1.82, 2.24) is 15.2 Å². The normalized spacial score (nSPS) is 17.2. The van der Waals surface area contributed by atoms with Crippen LogP contribution >= 0.6 is 0 Å². The molecular formula is C20H23N5. The molecule has 0 amide bonds. The lowest BCUT2D eigenvalue weighted by atomic mass is 10.1. The van der Waals surface area contributed by atoms with Crippen LogP contribution in [0.1, 0.15) is 29.7 Å². The number of hydrogen-bond acceptors (Lipinski definition) is 4. The van der Waals surface area contributed by atoms with Crippen LogP contribution in [0.15, 0.2) is 30.5 Å². The molecule has 1 saturated carbocycles. The maximum absolute atomic E-state index is 4.51. The van der Waals surface area contributed by atoms with Crippen molar-refractivity contribution in [3.63, 3.8) is 0 Å². The molecule has 5 rings (SSSR count). The molecule has 5 nitrogen and oxygen atoms in total. The van der Waals surface area contributed by atoms with Gasteiger partial charge in [0.1, 0.15) is 0 Å². The van der Waals surface area contributed by atoms with Gasteiger partial charge in [-0.2, -0.15) is 5.10 Å². The van der Waals surface area contributed by atoms with E-state index >= 15 is 0 Å². The van der Waals surface area contributed by atoms with Gasteiger partial charge in [-0.1, -0.05) is 12.1 Å². The molecule has 3 aromatic rings. The summed E-state index contributed by atoms with van der Waals surface area (Å²) in [5, 5.41) is 8.38. The number of para-hydroxylation sites is 1. The Balaban J connectivity index is 1.50. The number of pyridine rings is 1. The van der Waals surface area contributed by atoms with Crippen LogP contribution in [0.4, 0.5) is 11.4 Å². The van der Waals surface area contributed by atoms with Crippen LogP contribution in [0.5, 0.6) is 0 Å². The topological polar surface area (TPSA) is 48.1 Å². The van der Waals surface area contributed by atoms with Crippen LogP contribution in [0.2, 0.25) is 0 Å². The molecule has 2 aliphatic rings. The van der Waals surface area contributed by atoms with E-state index in [4.69, 9.17) is 0 Å². The van der Waals surface area contributed by atoms with Crippen LogP contribution in [0, 0.1) is 13.8 Å². The Hall–Kier alpha value is -2.56. The molecule has 1 N–H and O–H groups in total. The molecule has 0 spiro atoms. The van der Waals surface area contributed by atoms with Crippen molar-refractivity contribution in [1.29, 1.82) is 0 Å². The summed E-state index contributed by atoms with van der Waals surface area (Å²) in [5.74, 6) is 0. The molecule has 1 fully saturated rings. The number of aryl methyl sites for hydroxylation is 2. The smallest absolute Gasteiger partial charge is 0.181 e. The molecule has 0 bridgehead atoms. The maximum Gasteiger partial charge on any atom is 0.181 e. The molecule has 0 unspecified atom stereocenters. The number of nitrogens with zero attached hydrogens (tertiary/aromatic N) is 4. The third-order valence-corrected chi connectivity index (χ3v) is 5.47. The predicted molar refractivity (Wildman–Crippen MR) is 101 cm³/mol. The molecule has 0 radical (unpaired) electrons. The standard InChI is InChI=1S/C20H23N5/c1-13-4-3-5-18-19(13)25(16-6-7-16)9-8-24(18)12-15-10-17-14(2)22-23-20(17)21-11-15/h3-5,10-11,16H,6-9,12H2,1-2H3,(H,21,22,23). The third kappa shape index (κ3) is 2.46. The van der Waals surface area contributed by atoms with Crippen LogP contribution in [0.25, 0.3) is 11.0 Å². The van der Waals surface area contributed by atoms with Gasteiger partial charge in [0.15, 0.2) is 5.65 Å². The largest absolute Gasteiger partial charge is 0.365 e. The van der Waals surface area contributed by atoms with Gasteiger partial charge in [-0.05, 0) is 49.9 Å². The number of rotatable bonds is 3. The number of hydrogen-bond donors (Lipinski definition) is 1. The third-order valence-electron chi connectivity index (χ3n) is 5.47. The number of benzene rings is 1. The summed E-state index contributed by atoms with van der Waals surface area (Å²) < 4.78 is 0. The quantitative estimate of drug-likeness (QED) is 0.796. The fraction of sp³-hybridized carbons (Fsp3) is 0.400. The molecular weight excluding hydrogens is 310 g/mol. The van der Waals surface area contributed by atoms with E-state index in [1.165, 1.54) is 35.3 Å². The molecule has 0 saturated heterocycles. The number of aromatic nitrogens is 3. The number of H-pyrrole nitrogens is 1. The van der Waals surface area contributed by atoms with Gasteiger partial charge in [0.05, 0.1) is 11.4 Å². The highest BCUT2D eigenvalue weighted by atomic mass is 15.3. The van der Waals surface area contributed by atoms with E-state index in [1.807, 2.05) is 13.1 Å². The minimum Gasteiger partial charge on any atom is -0.365 e. The summed E-state index contributed by atoms with van der Waals surface area (Å²) in [6.45, 7) is 7.36. The average molecular weight is 333 g/mol. The molecule has 1 aliphatic carbocycles. The average Bonchev–Trinajstić information content (AvgIpc) is 3.40. The van der Waals surface area contributed by atoms with Crippen molar-refractivity contribution in [3.05, 3.63) is 47.3 Å². The summed E-state index contributed by atoms with van der Waals surface area (Å²) >= 11 is 0. The fourth-order valence-corrected chi connectivity index (χ4v) is 4.02. The van der Waals surface area contributed by atoms with Crippen molar-refractivity contribution >= 4 is 22.4 Å². The number of aromatic amines is 1. The first-order valence-electron chi connectivity index (χ1n) is 9.11. The van der Waals surface area contributed by atoms with Gasteiger partial charge in [0.2, 0.25) is 0 Å². The van der Waals surface area contributed by atoms with E-state index in [9.17, 15) is 0 Å². The van der Waals surface area contributed by atoms with Gasteiger partial charge >= 0.3 is 0 Å². The lowest BCUT2D eigenvalue weighted by molar-refractivity contribution is 0.689. The lowest BCUT2D eigenvalue weighted by Crippen LogP contribution is -2.42. The summed E-state index contributed by atoms with van der Waals surface area (Å²) in [6, 6.07) is 9.67. The molecule has 2 aromatic heterocycles. The lowest BCUT2D eigenvalue weighted by Gasteiger charge is -2.40. The van der Waals surface area contributed by atoms with Gasteiger partial charge in [0.25, 0.3) is 0 Å². The Labute approximate surface area is 147 Å². The van der Waals surface area contributed by atoms with Crippen molar-refractivity contribution in [2.75, 3.05) is 22.9 Å². The van der Waals surface area contributed by atoms with Gasteiger partial charge in [0, 0.05) is 43.0 Å². The molecule has 128 valence electrons. The van der Waals surface area contributed by atoms with Crippen LogP contribution < -0.4 is 9.80 Å². The minimum absolute atomic E-state index is 0.758. The van der Waals surface area contributed by atoms with E-state index < -0.39 is 0 Å². The minimum atomic E-state index is 0.758. The second-order valence-electron chi connectivity index (χ2n) is 7.35. The highest BCUT2D eigenvalue weighted by molar-refractivity contribution is 5.79. The van der Waals surface area contributed by atoms with Crippen molar-refractivity contribution in [2.45, 2.75) is 39.3 Å². The fourth-order valence-electron chi connectivity index (χ4n) is 4.02. The second-order valence-corrected chi connectivity index (χ2v) is 7.35. The van der Waals surface area contributed by atoms with E-state index in [-0.39, 0.29) is 0 Å². The molecule has 1 aromatic carbocycles. The predicted octanol–water partition coefficient (Wildman–Crippen LogP) is 3.56. The van der Waals surface area contributed by atoms with Gasteiger partial charge < -0.3 is 9.80 Å². The Morgan fingerprint density at radius 2 is 2.08 bits per heavy atom. The Morgan fingerprint density at radius 1 is 1.20 bits per heavy atom. The van der Waals surface area contributed by atoms with E-state index in [2.05, 4.69) is 56.2 Å². The summed E-state index contributed by atoms with van der Waals surface area (Å²) in [6.07, 6.45) is 4.65. The van der Waals surface area contributed by atoms with E-state index in [1.54, 1.807) is 0 Å². The number of anilines is 2. The monoisotopic (exact) mass is 333 g/mol. The molecule has 25 heavy (non-hydrogen) atoms. The number of fused-ring (bicyclic) bond motifs is 2. The summed E-state index contributed by atoms with van der Waals surface area (Å²) in [4.78, 5) is 9.64. The summed E-state index contributed by atoms with van der Waals surface area (Å²) in [5.41, 5.74) is 7.31. The zero-order valence-corrected chi connectivity index (χ0v) is 14.8. The SMILES string of the molecule is Cc1cccc2c1N(C1CC1)CCN2Cc1cnc2n[nH]c(C)c2c1. The molecule has 1 aliphatic heterocycles. The van der Waals surface area contributed by atoms with Crippen LogP contribution in [0.3, 0.4) is 0 Å². The van der Waals surface area contributed by atoms with E-state index in [0.29, 0.717) is 0 Å². The molecule has 0 atom stereocenters. The van der Waals surface area contributed by atoms with Gasteiger partial charge in [-0.25, -0.2) is 4.98 Å². The molecule has 5 heteroatoms. The second kappa shape index (κ2) is 5.48. The summed E-state index contributed by atoms with van der Waals surface area (Å²) in [7, 11) is 0. The van der Waals surface area contributed by atoms with Crippen LogP contribution in [-0.2, 0) is 6.54 Å². The van der Waals surface area contributed by atoms with Gasteiger partial charge in [-0.3, -0.25) is 5.10 Å². The Morgan fingerprint density at radius 3 is 2.92 bits per heavy atom. The highest BCUT2D eigenvalue weighted by Crippen LogP contribution is 2.42. The van der Waals surface area contributed by atoms with Gasteiger partial charge in [-0.15, -0.1) is 0 Å². The first-order chi connectivity index (χ1) is 12.2. The first kappa shape index (κ1) is 14.8. The maximum atomic E-state index is 4.51. The highest BCUT2D eigenvalue weighted by Gasteiger charge is 2.34. The van der Waals surface area contributed by atoms with Crippen molar-refractivity contribution in [3.8, 4) is 0 Å². The molecule has 3 heterocycles. The van der Waals surface area contributed by atoms with Crippen LogP contribution in [-0.4, -0.2) is 34.3 Å².